The molecule has 3 aromatic rings. The zero-order chi connectivity index (χ0) is 16.0. The molecule has 0 unspecified atom stereocenters. The maximum absolute atomic E-state index is 11.0. The van der Waals surface area contributed by atoms with Gasteiger partial charge in [0.25, 0.3) is 0 Å². The highest BCUT2D eigenvalue weighted by atomic mass is 16.4. The number of carbonyl (C=O) groups is 1. The van der Waals surface area contributed by atoms with E-state index in [-0.39, 0.29) is 0 Å². The van der Waals surface area contributed by atoms with Gasteiger partial charge in [-0.05, 0) is 37.1 Å². The van der Waals surface area contributed by atoms with E-state index in [1.807, 2.05) is 40.7 Å². The molecule has 0 spiro atoms. The van der Waals surface area contributed by atoms with Crippen LogP contribution in [0.3, 0.4) is 0 Å². The van der Waals surface area contributed by atoms with E-state index in [4.69, 9.17) is 5.11 Å². The number of aryl methyl sites for hydroxylation is 1. The average Bonchev–Trinajstić information content (AvgIpc) is 3.21. The minimum Gasteiger partial charge on any atom is -0.478 e. The number of rotatable bonds is 4. The fraction of sp³-hybridized carbons (Fsp3) is 0.235. The number of carboxylic acids is 1. The van der Waals surface area contributed by atoms with Gasteiger partial charge in [0.15, 0.2) is 0 Å². The van der Waals surface area contributed by atoms with Crippen molar-refractivity contribution in [1.29, 1.82) is 0 Å². The predicted molar refractivity (Wildman–Crippen MR) is 86.5 cm³/mol. The molecule has 0 bridgehead atoms. The summed E-state index contributed by atoms with van der Waals surface area (Å²) in [4.78, 5) is 15.4. The summed E-state index contributed by atoms with van der Waals surface area (Å²) >= 11 is 0. The SMILES string of the molecule is Cn1nc(C2CC2)c(C=CC(=O)O)c1-n1ccc2cccnc21. The zero-order valence-electron chi connectivity index (χ0n) is 12.7. The third-order valence-corrected chi connectivity index (χ3v) is 4.11. The number of hydrogen-bond donors (Lipinski definition) is 1. The molecule has 3 aromatic heterocycles. The van der Waals surface area contributed by atoms with Gasteiger partial charge in [-0.15, -0.1) is 0 Å². The number of aromatic nitrogens is 4. The number of fused-ring (bicyclic) bond motifs is 1. The van der Waals surface area contributed by atoms with E-state index in [2.05, 4.69) is 10.1 Å². The van der Waals surface area contributed by atoms with Crippen LogP contribution in [-0.2, 0) is 11.8 Å². The maximum Gasteiger partial charge on any atom is 0.328 e. The molecule has 1 saturated carbocycles. The molecule has 0 saturated heterocycles. The van der Waals surface area contributed by atoms with Crippen molar-refractivity contribution in [3.8, 4) is 5.82 Å². The molecule has 6 heteroatoms. The molecule has 0 atom stereocenters. The van der Waals surface area contributed by atoms with Crippen LogP contribution in [-0.4, -0.2) is 30.4 Å². The second-order valence-electron chi connectivity index (χ2n) is 5.79. The predicted octanol–water partition coefficient (Wildman–Crippen LogP) is 2.73. The molecule has 1 N–H and O–H groups in total. The standard InChI is InChI=1S/C17H16N4O2/c1-20-17(21-10-8-12-3-2-9-18-16(12)21)13(6-7-14(22)23)15(19-20)11-4-5-11/h2-3,6-11H,4-5H2,1H3,(H,22,23). The van der Waals surface area contributed by atoms with Gasteiger partial charge in [-0.3, -0.25) is 9.25 Å². The molecule has 0 radical (unpaired) electrons. The monoisotopic (exact) mass is 308 g/mol. The molecule has 3 heterocycles. The van der Waals surface area contributed by atoms with Gasteiger partial charge in [-0.2, -0.15) is 5.10 Å². The number of aliphatic carboxylic acids is 1. The Morgan fingerprint density at radius 2 is 2.22 bits per heavy atom. The first-order valence-electron chi connectivity index (χ1n) is 7.55. The largest absolute Gasteiger partial charge is 0.478 e. The smallest absolute Gasteiger partial charge is 0.328 e. The molecule has 0 amide bonds. The van der Waals surface area contributed by atoms with Gasteiger partial charge >= 0.3 is 5.97 Å². The number of pyridine rings is 1. The topological polar surface area (TPSA) is 72.9 Å². The first kappa shape index (κ1) is 13.8. The summed E-state index contributed by atoms with van der Waals surface area (Å²) in [7, 11) is 1.88. The summed E-state index contributed by atoms with van der Waals surface area (Å²) in [6.45, 7) is 0. The first-order valence-corrected chi connectivity index (χ1v) is 7.55. The van der Waals surface area contributed by atoms with Crippen LogP contribution in [0.2, 0.25) is 0 Å². The lowest BCUT2D eigenvalue weighted by Crippen LogP contribution is -2.03. The van der Waals surface area contributed by atoms with Crippen LogP contribution in [0.15, 0.2) is 36.7 Å². The Bertz CT molecular complexity index is 931. The number of nitrogens with zero attached hydrogens (tertiary/aromatic N) is 4. The Labute approximate surface area is 132 Å². The number of carboxylic acid groups (broad SMARTS) is 1. The van der Waals surface area contributed by atoms with Crippen LogP contribution < -0.4 is 0 Å². The minimum atomic E-state index is -0.961. The number of hydrogen-bond acceptors (Lipinski definition) is 3. The summed E-state index contributed by atoms with van der Waals surface area (Å²) in [5, 5.41) is 14.7. The minimum absolute atomic E-state index is 0.429. The van der Waals surface area contributed by atoms with Gasteiger partial charge in [0, 0.05) is 42.4 Å². The molecule has 4 rings (SSSR count). The van der Waals surface area contributed by atoms with Crippen molar-refractivity contribution in [2.75, 3.05) is 0 Å². The summed E-state index contributed by atoms with van der Waals surface area (Å²) in [6, 6.07) is 5.90. The third-order valence-electron chi connectivity index (χ3n) is 4.11. The molecule has 0 aromatic carbocycles. The lowest BCUT2D eigenvalue weighted by atomic mass is 10.1. The van der Waals surface area contributed by atoms with Gasteiger partial charge in [0.05, 0.1) is 5.69 Å². The molecule has 0 aliphatic heterocycles. The molecule has 1 aliphatic carbocycles. The third kappa shape index (κ3) is 2.32. The van der Waals surface area contributed by atoms with Crippen molar-refractivity contribution in [3.63, 3.8) is 0 Å². The van der Waals surface area contributed by atoms with Crippen molar-refractivity contribution in [2.45, 2.75) is 18.8 Å². The van der Waals surface area contributed by atoms with Crippen LogP contribution in [0, 0.1) is 0 Å². The van der Waals surface area contributed by atoms with E-state index < -0.39 is 5.97 Å². The van der Waals surface area contributed by atoms with Crippen LogP contribution in [0.25, 0.3) is 22.9 Å². The molecule has 1 fully saturated rings. The Morgan fingerprint density at radius 3 is 2.96 bits per heavy atom. The molecule has 1 aliphatic rings. The van der Waals surface area contributed by atoms with Crippen molar-refractivity contribution in [2.24, 2.45) is 7.05 Å². The first-order chi connectivity index (χ1) is 11.1. The average molecular weight is 308 g/mol. The van der Waals surface area contributed by atoms with Crippen LogP contribution in [0.4, 0.5) is 0 Å². The van der Waals surface area contributed by atoms with E-state index in [1.54, 1.807) is 12.3 Å². The highest BCUT2D eigenvalue weighted by Gasteiger charge is 2.31. The van der Waals surface area contributed by atoms with E-state index in [9.17, 15) is 4.79 Å². The normalized spacial score (nSPS) is 14.8. The van der Waals surface area contributed by atoms with E-state index >= 15 is 0 Å². The summed E-state index contributed by atoms with van der Waals surface area (Å²) in [6.07, 6.45) is 8.73. The Hall–Kier alpha value is -2.89. The van der Waals surface area contributed by atoms with Crippen LogP contribution in [0.1, 0.15) is 30.0 Å². The Morgan fingerprint density at radius 1 is 1.39 bits per heavy atom. The second-order valence-corrected chi connectivity index (χ2v) is 5.79. The quantitative estimate of drug-likeness (QED) is 0.752. The molecular weight excluding hydrogens is 292 g/mol. The second kappa shape index (κ2) is 5.08. The van der Waals surface area contributed by atoms with Gasteiger partial charge < -0.3 is 5.11 Å². The molecule has 6 nitrogen and oxygen atoms in total. The lowest BCUT2D eigenvalue weighted by Gasteiger charge is -2.07. The fourth-order valence-electron chi connectivity index (χ4n) is 2.95. The van der Waals surface area contributed by atoms with Crippen LogP contribution in [0.5, 0.6) is 0 Å². The van der Waals surface area contributed by atoms with E-state index in [0.29, 0.717) is 5.92 Å². The van der Waals surface area contributed by atoms with Crippen LogP contribution >= 0.6 is 0 Å². The summed E-state index contributed by atoms with van der Waals surface area (Å²) in [5.41, 5.74) is 2.67. The van der Waals surface area contributed by atoms with Crippen molar-refractivity contribution < 1.29 is 9.90 Å². The Balaban J connectivity index is 1.95. The zero-order valence-corrected chi connectivity index (χ0v) is 12.7. The van der Waals surface area contributed by atoms with Gasteiger partial charge in [0.2, 0.25) is 0 Å². The molecule has 116 valence electrons. The van der Waals surface area contributed by atoms with Crippen molar-refractivity contribution >= 4 is 23.1 Å². The molecular formula is C17H16N4O2. The highest BCUT2D eigenvalue weighted by molar-refractivity contribution is 5.87. The van der Waals surface area contributed by atoms with Crippen molar-refractivity contribution in [3.05, 3.63) is 47.9 Å². The lowest BCUT2D eigenvalue weighted by molar-refractivity contribution is -0.131. The fourth-order valence-corrected chi connectivity index (χ4v) is 2.95. The van der Waals surface area contributed by atoms with Gasteiger partial charge in [-0.1, -0.05) is 0 Å². The van der Waals surface area contributed by atoms with E-state index in [1.165, 1.54) is 6.08 Å². The molecule has 23 heavy (non-hydrogen) atoms. The maximum atomic E-state index is 11.0. The Kier molecular flexibility index (Phi) is 3.04. The van der Waals surface area contributed by atoms with Crippen molar-refractivity contribution in [1.82, 2.24) is 19.3 Å². The van der Waals surface area contributed by atoms with Gasteiger partial charge in [0.1, 0.15) is 11.5 Å². The van der Waals surface area contributed by atoms with Gasteiger partial charge in [-0.25, -0.2) is 9.78 Å². The highest BCUT2D eigenvalue weighted by Crippen LogP contribution is 2.42. The summed E-state index contributed by atoms with van der Waals surface area (Å²) < 4.78 is 3.78. The summed E-state index contributed by atoms with van der Waals surface area (Å²) in [5.74, 6) is 0.313. The van der Waals surface area contributed by atoms with E-state index in [0.717, 1.165) is 41.0 Å².